The predicted molar refractivity (Wildman–Crippen MR) is 75.6 cm³/mol. The van der Waals surface area contributed by atoms with Crippen molar-refractivity contribution in [2.75, 3.05) is 13.1 Å². The molecule has 2 heterocycles. The first kappa shape index (κ1) is 14.3. The molecule has 6 heteroatoms. The molecule has 0 bridgehead atoms. The molecule has 0 atom stereocenters. The van der Waals surface area contributed by atoms with Crippen LogP contribution >= 0.6 is 12.4 Å². The van der Waals surface area contributed by atoms with Gasteiger partial charge >= 0.3 is 0 Å². The summed E-state index contributed by atoms with van der Waals surface area (Å²) in [6.07, 6.45) is 8.19. The molecule has 1 saturated carbocycles. The summed E-state index contributed by atoms with van der Waals surface area (Å²) in [5.74, 6) is 0.708. The number of amides is 1. The first-order chi connectivity index (χ1) is 8.81. The molecule has 2 fully saturated rings. The molecular formula is C13H21ClN4O. The highest BCUT2D eigenvalue weighted by molar-refractivity contribution is 5.94. The smallest absolute Gasteiger partial charge is 0.254 e. The van der Waals surface area contributed by atoms with Gasteiger partial charge in [0.15, 0.2) is 0 Å². The number of nitrogens with zero attached hydrogens (tertiary/aromatic N) is 2. The van der Waals surface area contributed by atoms with Gasteiger partial charge in [-0.05, 0) is 44.7 Å². The van der Waals surface area contributed by atoms with Gasteiger partial charge < -0.3 is 10.6 Å². The lowest BCUT2D eigenvalue weighted by molar-refractivity contribution is 0.0951. The molecule has 0 spiro atoms. The molecule has 1 saturated heterocycles. The van der Waals surface area contributed by atoms with E-state index in [9.17, 15) is 4.79 Å². The van der Waals surface area contributed by atoms with Gasteiger partial charge in [-0.1, -0.05) is 0 Å². The average Bonchev–Trinajstić information content (AvgIpc) is 3.07. The minimum atomic E-state index is 0. The Hall–Kier alpha value is -1.07. The second-order valence-corrected chi connectivity index (χ2v) is 5.39. The number of aromatic nitrogens is 2. The molecule has 2 N–H and O–H groups in total. The van der Waals surface area contributed by atoms with Crippen LogP contribution in [0, 0.1) is 5.92 Å². The molecular weight excluding hydrogens is 264 g/mol. The third-order valence-electron chi connectivity index (χ3n) is 3.71. The lowest BCUT2D eigenvalue weighted by atomic mass is 9.98. The highest BCUT2D eigenvalue weighted by Gasteiger charge is 2.24. The van der Waals surface area contributed by atoms with E-state index in [1.165, 1.54) is 12.8 Å². The van der Waals surface area contributed by atoms with E-state index in [0.717, 1.165) is 32.5 Å². The van der Waals surface area contributed by atoms with Crippen LogP contribution in [0.1, 0.15) is 36.0 Å². The number of carbonyl (C=O) groups is 1. The molecule has 0 aromatic carbocycles. The van der Waals surface area contributed by atoms with Crippen molar-refractivity contribution >= 4 is 18.3 Å². The molecule has 0 unspecified atom stereocenters. The van der Waals surface area contributed by atoms with E-state index < -0.39 is 0 Å². The van der Waals surface area contributed by atoms with Crippen molar-refractivity contribution in [3.05, 3.63) is 18.0 Å². The summed E-state index contributed by atoms with van der Waals surface area (Å²) < 4.78 is 1.91. The summed E-state index contributed by atoms with van der Waals surface area (Å²) in [4.78, 5) is 11.8. The topological polar surface area (TPSA) is 59.0 Å². The van der Waals surface area contributed by atoms with Crippen LogP contribution in [0.4, 0.5) is 0 Å². The van der Waals surface area contributed by atoms with Gasteiger partial charge in [-0.25, -0.2) is 0 Å². The fourth-order valence-electron chi connectivity index (χ4n) is 2.41. The van der Waals surface area contributed by atoms with Crippen LogP contribution in [0.5, 0.6) is 0 Å². The third kappa shape index (κ3) is 3.94. The van der Waals surface area contributed by atoms with Crippen molar-refractivity contribution in [2.45, 2.75) is 38.3 Å². The number of halogens is 1. The van der Waals surface area contributed by atoms with Gasteiger partial charge in [-0.2, -0.15) is 5.10 Å². The highest BCUT2D eigenvalue weighted by atomic mass is 35.5. The van der Waals surface area contributed by atoms with E-state index >= 15 is 0 Å². The fraction of sp³-hybridized carbons (Fsp3) is 0.692. The zero-order valence-corrected chi connectivity index (χ0v) is 11.8. The van der Waals surface area contributed by atoms with E-state index in [-0.39, 0.29) is 18.3 Å². The van der Waals surface area contributed by atoms with Gasteiger partial charge in [-0.15, -0.1) is 12.4 Å². The number of piperidine rings is 1. The Kier molecular flexibility index (Phi) is 4.82. The van der Waals surface area contributed by atoms with E-state index in [4.69, 9.17) is 0 Å². The van der Waals surface area contributed by atoms with Gasteiger partial charge in [-0.3, -0.25) is 9.48 Å². The summed E-state index contributed by atoms with van der Waals surface area (Å²) in [5, 5.41) is 10.6. The van der Waals surface area contributed by atoms with Crippen molar-refractivity contribution < 1.29 is 4.79 Å². The van der Waals surface area contributed by atoms with Crippen LogP contribution in [0.3, 0.4) is 0 Å². The zero-order chi connectivity index (χ0) is 12.4. The standard InChI is InChI=1S/C13H20N4O.ClH/c18-13(16-12-1-2-12)11-7-15-17(9-11)8-10-3-5-14-6-4-10;/h7,9-10,12,14H,1-6,8H2,(H,16,18);1H. The number of carbonyl (C=O) groups excluding carboxylic acids is 1. The maximum atomic E-state index is 11.8. The molecule has 1 aromatic heterocycles. The van der Waals surface area contributed by atoms with Crippen LogP contribution < -0.4 is 10.6 Å². The number of nitrogens with one attached hydrogen (secondary N) is 2. The van der Waals surface area contributed by atoms with E-state index in [2.05, 4.69) is 15.7 Å². The summed E-state index contributed by atoms with van der Waals surface area (Å²) in [7, 11) is 0. The molecule has 106 valence electrons. The molecule has 1 aliphatic carbocycles. The first-order valence-corrected chi connectivity index (χ1v) is 6.85. The fourth-order valence-corrected chi connectivity index (χ4v) is 2.41. The van der Waals surface area contributed by atoms with Crippen molar-refractivity contribution in [1.29, 1.82) is 0 Å². The molecule has 0 radical (unpaired) electrons. The van der Waals surface area contributed by atoms with Crippen molar-refractivity contribution in [1.82, 2.24) is 20.4 Å². The maximum absolute atomic E-state index is 11.8. The van der Waals surface area contributed by atoms with Crippen LogP contribution in [0.15, 0.2) is 12.4 Å². The van der Waals surface area contributed by atoms with E-state index in [1.807, 2.05) is 10.9 Å². The van der Waals surface area contributed by atoms with Crippen LogP contribution in [0.2, 0.25) is 0 Å². The Morgan fingerprint density at radius 3 is 2.79 bits per heavy atom. The quantitative estimate of drug-likeness (QED) is 0.873. The van der Waals surface area contributed by atoms with Gasteiger partial charge in [0, 0.05) is 18.8 Å². The lowest BCUT2D eigenvalue weighted by Crippen LogP contribution is -2.30. The molecule has 19 heavy (non-hydrogen) atoms. The SMILES string of the molecule is Cl.O=C(NC1CC1)c1cnn(CC2CCNCC2)c1. The summed E-state index contributed by atoms with van der Waals surface area (Å²) in [6.45, 7) is 3.13. The molecule has 2 aliphatic rings. The van der Waals surface area contributed by atoms with Gasteiger partial charge in [0.05, 0.1) is 11.8 Å². The van der Waals surface area contributed by atoms with E-state index in [0.29, 0.717) is 17.5 Å². The predicted octanol–water partition coefficient (Wildman–Crippen LogP) is 1.20. The third-order valence-corrected chi connectivity index (χ3v) is 3.71. The monoisotopic (exact) mass is 284 g/mol. The van der Waals surface area contributed by atoms with Crippen molar-refractivity contribution in [2.24, 2.45) is 5.92 Å². The first-order valence-electron chi connectivity index (χ1n) is 6.85. The van der Waals surface area contributed by atoms with Crippen molar-refractivity contribution in [3.63, 3.8) is 0 Å². The Morgan fingerprint density at radius 2 is 2.11 bits per heavy atom. The van der Waals surface area contributed by atoms with Crippen molar-refractivity contribution in [3.8, 4) is 0 Å². The van der Waals surface area contributed by atoms with Crippen LogP contribution in [-0.2, 0) is 6.54 Å². The second kappa shape index (κ2) is 6.39. The normalized spacial score (nSPS) is 19.8. The molecule has 1 aliphatic heterocycles. The number of hydrogen-bond donors (Lipinski definition) is 2. The lowest BCUT2D eigenvalue weighted by Gasteiger charge is -2.22. The maximum Gasteiger partial charge on any atom is 0.254 e. The molecule has 1 aromatic rings. The highest BCUT2D eigenvalue weighted by Crippen LogP contribution is 2.19. The van der Waals surface area contributed by atoms with Gasteiger partial charge in [0.25, 0.3) is 5.91 Å². The Morgan fingerprint density at radius 1 is 1.37 bits per heavy atom. The van der Waals surface area contributed by atoms with Gasteiger partial charge in [0.2, 0.25) is 0 Å². The Labute approximate surface area is 119 Å². The average molecular weight is 285 g/mol. The largest absolute Gasteiger partial charge is 0.349 e. The zero-order valence-electron chi connectivity index (χ0n) is 11.0. The summed E-state index contributed by atoms with van der Waals surface area (Å²) >= 11 is 0. The molecule has 5 nitrogen and oxygen atoms in total. The summed E-state index contributed by atoms with van der Waals surface area (Å²) in [5.41, 5.74) is 0.691. The number of rotatable bonds is 4. The Balaban J connectivity index is 0.00000133. The number of hydrogen-bond acceptors (Lipinski definition) is 3. The van der Waals surface area contributed by atoms with Crippen LogP contribution in [0.25, 0.3) is 0 Å². The second-order valence-electron chi connectivity index (χ2n) is 5.39. The minimum Gasteiger partial charge on any atom is -0.349 e. The summed E-state index contributed by atoms with van der Waals surface area (Å²) in [6, 6.07) is 0.408. The molecule has 1 amide bonds. The van der Waals surface area contributed by atoms with E-state index in [1.54, 1.807) is 6.20 Å². The Bertz CT molecular complexity index is 424. The van der Waals surface area contributed by atoms with Crippen LogP contribution in [-0.4, -0.2) is 34.8 Å². The van der Waals surface area contributed by atoms with Gasteiger partial charge in [0.1, 0.15) is 0 Å². The minimum absolute atomic E-state index is 0. The molecule has 3 rings (SSSR count).